The molecule has 0 radical (unpaired) electrons. The Morgan fingerprint density at radius 1 is 1.47 bits per heavy atom. The minimum absolute atomic E-state index is 0. The van der Waals surface area contributed by atoms with Crippen LogP contribution in [0.1, 0.15) is 29.8 Å². The molecule has 0 atom stereocenters. The van der Waals surface area contributed by atoms with Crippen molar-refractivity contribution in [2.24, 2.45) is 5.73 Å². The number of halogens is 2. The van der Waals surface area contributed by atoms with E-state index in [0.29, 0.717) is 12.1 Å². The van der Waals surface area contributed by atoms with Crippen LogP contribution in [0.4, 0.5) is 0 Å². The van der Waals surface area contributed by atoms with Gasteiger partial charge >= 0.3 is 0 Å². The average molecular weight is 369 g/mol. The topological polar surface area (TPSA) is 55.1 Å². The summed E-state index contributed by atoms with van der Waals surface area (Å²) in [6.07, 6.45) is 0. The van der Waals surface area contributed by atoms with Gasteiger partial charge in [0.05, 0.1) is 0 Å². The molecule has 17 heavy (non-hydrogen) atoms. The lowest BCUT2D eigenvalue weighted by Gasteiger charge is -2.18. The predicted octanol–water partition coefficient (Wildman–Crippen LogP) is 2.49. The number of rotatable bonds is 3. The van der Waals surface area contributed by atoms with Crippen LogP contribution in [0.2, 0.25) is 0 Å². The number of hydrogen-bond acceptors (Lipinski definition) is 2. The Morgan fingerprint density at radius 3 is 2.53 bits per heavy atom. The van der Waals surface area contributed by atoms with Crippen molar-refractivity contribution in [1.29, 1.82) is 0 Å². The molecule has 1 aromatic rings. The summed E-state index contributed by atoms with van der Waals surface area (Å²) < 4.78 is 1.09. The van der Waals surface area contributed by atoms with Crippen LogP contribution in [-0.4, -0.2) is 18.0 Å². The smallest absolute Gasteiger partial charge is 0.251 e. The number of hydrogen-bond donors (Lipinski definition) is 2. The minimum Gasteiger partial charge on any atom is -0.350 e. The molecule has 0 heterocycles. The van der Waals surface area contributed by atoms with E-state index in [4.69, 9.17) is 5.73 Å². The molecule has 5 heteroatoms. The summed E-state index contributed by atoms with van der Waals surface area (Å²) in [6, 6.07) is 5.66. The highest BCUT2D eigenvalue weighted by molar-refractivity contribution is 14.1. The third kappa shape index (κ3) is 5.70. The third-order valence-electron chi connectivity index (χ3n) is 2.14. The van der Waals surface area contributed by atoms with Gasteiger partial charge in [-0.15, -0.1) is 12.4 Å². The Labute approximate surface area is 122 Å². The van der Waals surface area contributed by atoms with Crippen LogP contribution in [-0.2, 0) is 0 Å². The molecule has 0 bridgehead atoms. The lowest BCUT2D eigenvalue weighted by Crippen LogP contribution is -2.45. The number of carbonyl (C=O) groups excluding carboxylic acids is 1. The maximum absolute atomic E-state index is 11.8. The largest absolute Gasteiger partial charge is 0.350 e. The van der Waals surface area contributed by atoms with Gasteiger partial charge in [-0.05, 0) is 61.1 Å². The third-order valence-corrected chi connectivity index (χ3v) is 3.30. The molecule has 3 N–H and O–H groups in total. The van der Waals surface area contributed by atoms with E-state index in [0.717, 1.165) is 3.57 Å². The molecule has 0 saturated carbocycles. The fourth-order valence-electron chi connectivity index (χ4n) is 1.14. The van der Waals surface area contributed by atoms with E-state index in [9.17, 15) is 4.79 Å². The average Bonchev–Trinajstić information content (AvgIpc) is 2.17. The van der Waals surface area contributed by atoms with Crippen molar-refractivity contribution < 1.29 is 4.79 Å². The zero-order valence-corrected chi connectivity index (χ0v) is 13.2. The Bertz CT molecular complexity index is 402. The maximum Gasteiger partial charge on any atom is 0.251 e. The monoisotopic (exact) mass is 368 g/mol. The van der Waals surface area contributed by atoms with Crippen LogP contribution in [0, 0.1) is 10.5 Å². The van der Waals surface area contributed by atoms with Crippen molar-refractivity contribution in [3.05, 3.63) is 32.9 Å². The number of carbonyl (C=O) groups is 1. The van der Waals surface area contributed by atoms with Crippen LogP contribution in [0.3, 0.4) is 0 Å². The molecule has 3 nitrogen and oxygen atoms in total. The van der Waals surface area contributed by atoms with Crippen molar-refractivity contribution in [3.8, 4) is 0 Å². The van der Waals surface area contributed by atoms with Gasteiger partial charge in [0.1, 0.15) is 0 Å². The highest BCUT2D eigenvalue weighted by atomic mass is 127. The summed E-state index contributed by atoms with van der Waals surface area (Å²) in [5.74, 6) is -0.0727. The van der Waals surface area contributed by atoms with E-state index in [2.05, 4.69) is 27.9 Å². The van der Waals surface area contributed by atoms with Crippen LogP contribution in [0.25, 0.3) is 0 Å². The maximum atomic E-state index is 11.8. The molecule has 0 aromatic heterocycles. The van der Waals surface area contributed by atoms with Crippen molar-refractivity contribution in [2.45, 2.75) is 26.3 Å². The molecule has 1 aromatic carbocycles. The number of benzene rings is 1. The lowest BCUT2D eigenvalue weighted by atomic mass is 10.1. The summed E-state index contributed by atoms with van der Waals surface area (Å²) in [4.78, 5) is 11.8. The quantitative estimate of drug-likeness (QED) is 0.806. The van der Waals surface area contributed by atoms with Gasteiger partial charge in [0.25, 0.3) is 5.91 Å². The van der Waals surface area contributed by atoms with Gasteiger partial charge in [0.15, 0.2) is 0 Å². The normalized spacial score (nSPS) is 10.6. The van der Waals surface area contributed by atoms with Crippen LogP contribution < -0.4 is 11.1 Å². The molecule has 0 aliphatic heterocycles. The van der Waals surface area contributed by atoms with Gasteiger partial charge < -0.3 is 11.1 Å². The Hall–Kier alpha value is -0.330. The summed E-state index contributed by atoms with van der Waals surface area (Å²) >= 11 is 2.22. The number of amides is 1. The Balaban J connectivity index is 0.00000256. The molecule has 0 saturated heterocycles. The van der Waals surface area contributed by atoms with Crippen molar-refractivity contribution in [1.82, 2.24) is 5.32 Å². The second-order valence-corrected chi connectivity index (χ2v) is 5.80. The summed E-state index contributed by atoms with van der Waals surface area (Å²) in [5.41, 5.74) is 7.28. The molecular weight excluding hydrogens is 351 g/mol. The van der Waals surface area contributed by atoms with Crippen LogP contribution >= 0.6 is 35.0 Å². The van der Waals surface area contributed by atoms with E-state index in [1.165, 1.54) is 5.56 Å². The first-order valence-electron chi connectivity index (χ1n) is 5.13. The van der Waals surface area contributed by atoms with E-state index in [1.807, 2.05) is 39.0 Å². The van der Waals surface area contributed by atoms with Gasteiger partial charge in [-0.2, -0.15) is 0 Å². The lowest BCUT2D eigenvalue weighted by molar-refractivity contribution is 0.0946. The summed E-state index contributed by atoms with van der Waals surface area (Å²) in [6.45, 7) is 6.25. The van der Waals surface area contributed by atoms with Gasteiger partial charge in [-0.3, -0.25) is 4.79 Å². The molecule has 0 aliphatic carbocycles. The van der Waals surface area contributed by atoms with Crippen LogP contribution in [0.15, 0.2) is 18.2 Å². The van der Waals surface area contributed by atoms with Gasteiger partial charge in [0.2, 0.25) is 0 Å². The first-order chi connectivity index (χ1) is 7.29. The van der Waals surface area contributed by atoms with Gasteiger partial charge in [0, 0.05) is 21.2 Å². The molecule has 0 aliphatic rings. The number of nitrogens with one attached hydrogen (secondary N) is 1. The fourth-order valence-corrected chi connectivity index (χ4v) is 1.66. The van der Waals surface area contributed by atoms with Crippen molar-refractivity contribution in [2.75, 3.05) is 6.54 Å². The van der Waals surface area contributed by atoms with E-state index in [-0.39, 0.29) is 23.9 Å². The second kappa shape index (κ2) is 6.56. The van der Waals surface area contributed by atoms with Gasteiger partial charge in [-0.1, -0.05) is 6.07 Å². The highest BCUT2D eigenvalue weighted by Crippen LogP contribution is 2.13. The summed E-state index contributed by atoms with van der Waals surface area (Å²) in [5, 5.41) is 2.82. The summed E-state index contributed by atoms with van der Waals surface area (Å²) in [7, 11) is 0. The first-order valence-corrected chi connectivity index (χ1v) is 6.21. The zero-order chi connectivity index (χ0) is 12.3. The van der Waals surface area contributed by atoms with E-state index < -0.39 is 0 Å². The SMILES string of the molecule is Cc1ccc(C(=O)NCC(C)(C)N)cc1I.Cl. The van der Waals surface area contributed by atoms with E-state index in [1.54, 1.807) is 0 Å². The molecule has 1 amide bonds. The highest BCUT2D eigenvalue weighted by Gasteiger charge is 2.13. The molecule has 96 valence electrons. The molecule has 1 rings (SSSR count). The number of aryl methyl sites for hydroxylation is 1. The standard InChI is InChI=1S/C12H17IN2O.ClH/c1-8-4-5-9(6-10(8)13)11(16)15-7-12(2,3)14;/h4-6H,7,14H2,1-3H3,(H,15,16);1H. The first kappa shape index (κ1) is 16.7. The Morgan fingerprint density at radius 2 is 2.06 bits per heavy atom. The fraction of sp³-hybridized carbons (Fsp3) is 0.417. The van der Waals surface area contributed by atoms with Crippen molar-refractivity contribution in [3.63, 3.8) is 0 Å². The van der Waals surface area contributed by atoms with E-state index >= 15 is 0 Å². The minimum atomic E-state index is -0.381. The molecular formula is C12H18ClIN2O. The van der Waals surface area contributed by atoms with Crippen LogP contribution in [0.5, 0.6) is 0 Å². The van der Waals surface area contributed by atoms with Gasteiger partial charge in [-0.25, -0.2) is 0 Å². The second-order valence-electron chi connectivity index (χ2n) is 4.64. The predicted molar refractivity (Wildman–Crippen MR) is 81.7 cm³/mol. The Kier molecular flexibility index (Phi) is 6.43. The van der Waals surface area contributed by atoms with Crippen molar-refractivity contribution >= 4 is 40.9 Å². The number of nitrogens with two attached hydrogens (primary N) is 1. The zero-order valence-electron chi connectivity index (χ0n) is 10.2. The molecule has 0 unspecified atom stereocenters. The molecule has 0 fully saturated rings. The molecule has 0 spiro atoms.